The Kier molecular flexibility index (Phi) is 8.11. The molecule has 1 N–H and O–H groups in total. The van der Waals surface area contributed by atoms with Crippen molar-refractivity contribution in [2.75, 3.05) is 18.0 Å². The van der Waals surface area contributed by atoms with Gasteiger partial charge in [0.25, 0.3) is 15.9 Å². The average Bonchev–Trinajstić information content (AvgIpc) is 2.82. The van der Waals surface area contributed by atoms with Crippen molar-refractivity contribution in [3.63, 3.8) is 0 Å². The minimum Gasteiger partial charge on any atom is -0.496 e. The van der Waals surface area contributed by atoms with Gasteiger partial charge in [0, 0.05) is 0 Å². The third-order valence-electron chi connectivity index (χ3n) is 5.14. The lowest BCUT2D eigenvalue weighted by molar-refractivity contribution is -0.119. The van der Waals surface area contributed by atoms with Crippen LogP contribution in [-0.4, -0.2) is 33.7 Å². The fourth-order valence-corrected chi connectivity index (χ4v) is 5.27. The maximum Gasteiger partial charge on any atom is 0.264 e. The number of aryl methyl sites for hydroxylation is 2. The molecule has 3 aromatic rings. The molecular formula is C25H26BrN3O4S. The number of benzene rings is 3. The summed E-state index contributed by atoms with van der Waals surface area (Å²) in [7, 11) is -2.57. The molecule has 1 amide bonds. The summed E-state index contributed by atoms with van der Waals surface area (Å²) >= 11 is 3.33. The van der Waals surface area contributed by atoms with E-state index in [1.54, 1.807) is 37.3 Å². The number of hydrogen-bond donors (Lipinski definition) is 1. The molecular weight excluding hydrogens is 518 g/mol. The van der Waals surface area contributed by atoms with E-state index in [-0.39, 0.29) is 4.90 Å². The fraction of sp³-hybridized carbons (Fsp3) is 0.200. The molecule has 3 aromatic carbocycles. The number of ether oxygens (including phenoxy) is 1. The van der Waals surface area contributed by atoms with Gasteiger partial charge in [0.15, 0.2) is 0 Å². The van der Waals surface area contributed by atoms with Crippen LogP contribution < -0.4 is 14.5 Å². The minimum atomic E-state index is -4.07. The number of methoxy groups -OCH3 is 1. The van der Waals surface area contributed by atoms with Crippen LogP contribution in [0.3, 0.4) is 0 Å². The molecule has 0 aliphatic rings. The summed E-state index contributed by atoms with van der Waals surface area (Å²) in [6, 6.07) is 19.1. The van der Waals surface area contributed by atoms with Crippen LogP contribution in [0, 0.1) is 13.8 Å². The zero-order valence-corrected chi connectivity index (χ0v) is 21.8. The Hall–Kier alpha value is -3.17. The molecule has 0 atom stereocenters. The van der Waals surface area contributed by atoms with Crippen LogP contribution in [0.5, 0.6) is 5.75 Å². The highest BCUT2D eigenvalue weighted by molar-refractivity contribution is 9.10. The van der Waals surface area contributed by atoms with E-state index in [4.69, 9.17) is 4.74 Å². The second kappa shape index (κ2) is 10.8. The number of amides is 1. The smallest absolute Gasteiger partial charge is 0.264 e. The number of sulfonamides is 1. The van der Waals surface area contributed by atoms with Gasteiger partial charge in [-0.05, 0) is 72.6 Å². The number of carbonyl (C=O) groups is 1. The van der Waals surface area contributed by atoms with Gasteiger partial charge in [-0.1, -0.05) is 47.5 Å². The van der Waals surface area contributed by atoms with Crippen molar-refractivity contribution in [2.24, 2.45) is 5.10 Å². The Morgan fingerprint density at radius 2 is 1.59 bits per heavy atom. The minimum absolute atomic E-state index is 0.0212. The van der Waals surface area contributed by atoms with Crippen molar-refractivity contribution < 1.29 is 17.9 Å². The van der Waals surface area contributed by atoms with E-state index in [0.717, 1.165) is 21.0 Å². The highest BCUT2D eigenvalue weighted by Crippen LogP contribution is 2.30. The number of hydrogen-bond acceptors (Lipinski definition) is 5. The monoisotopic (exact) mass is 543 g/mol. The average molecular weight is 544 g/mol. The van der Waals surface area contributed by atoms with Crippen LogP contribution in [0.15, 0.2) is 81.2 Å². The molecule has 0 saturated heterocycles. The number of nitrogens with one attached hydrogen (secondary N) is 1. The third-order valence-corrected chi connectivity index (χ3v) is 7.53. The van der Waals surface area contributed by atoms with E-state index in [9.17, 15) is 13.2 Å². The zero-order valence-electron chi connectivity index (χ0n) is 19.4. The molecule has 0 aromatic heterocycles. The van der Waals surface area contributed by atoms with E-state index in [1.807, 2.05) is 38.1 Å². The Bertz CT molecular complexity index is 1300. The second-order valence-corrected chi connectivity index (χ2v) is 10.5. The van der Waals surface area contributed by atoms with E-state index in [2.05, 4.69) is 26.5 Å². The molecule has 0 saturated carbocycles. The first-order valence-corrected chi connectivity index (χ1v) is 12.7. The molecule has 9 heteroatoms. The van der Waals surface area contributed by atoms with E-state index >= 15 is 0 Å². The number of anilines is 1. The Balaban J connectivity index is 1.89. The van der Waals surface area contributed by atoms with E-state index in [0.29, 0.717) is 21.6 Å². The van der Waals surface area contributed by atoms with Crippen LogP contribution >= 0.6 is 15.9 Å². The topological polar surface area (TPSA) is 88.1 Å². The molecule has 178 valence electrons. The molecule has 0 fully saturated rings. The SMILES string of the molecule is COc1ccc(S(=O)(=O)N(CC(=O)N/N=C(/C)c2ccc(C)cc2)c2ccc(C)cc2)cc1Br. The molecule has 0 radical (unpaired) electrons. The maximum absolute atomic E-state index is 13.5. The van der Waals surface area contributed by atoms with E-state index in [1.165, 1.54) is 19.2 Å². The lowest BCUT2D eigenvalue weighted by Gasteiger charge is -2.24. The molecule has 0 heterocycles. The van der Waals surface area contributed by atoms with Gasteiger partial charge in [0.05, 0.1) is 27.9 Å². The molecule has 7 nitrogen and oxygen atoms in total. The third kappa shape index (κ3) is 6.03. The van der Waals surface area contributed by atoms with Crippen molar-refractivity contribution in [1.29, 1.82) is 0 Å². The first-order chi connectivity index (χ1) is 16.1. The summed E-state index contributed by atoms with van der Waals surface area (Å²) in [6.45, 7) is 5.21. The number of rotatable bonds is 8. The Labute approximate surface area is 208 Å². The predicted octanol–water partition coefficient (Wildman–Crippen LogP) is 4.81. The molecule has 0 spiro atoms. The highest BCUT2D eigenvalue weighted by Gasteiger charge is 2.28. The van der Waals surface area contributed by atoms with Gasteiger partial charge >= 0.3 is 0 Å². The number of halogens is 1. The number of carbonyl (C=O) groups excluding carboxylic acids is 1. The first kappa shape index (κ1) is 25.5. The highest BCUT2D eigenvalue weighted by atomic mass is 79.9. The standard InChI is InChI=1S/C25H26BrN3O4S/c1-17-5-9-20(10-6-17)19(3)27-28-25(30)16-29(21-11-7-18(2)8-12-21)34(31,32)22-13-14-24(33-4)23(26)15-22/h5-15H,16H2,1-4H3,(H,28,30)/b27-19-. The van der Waals surface area contributed by atoms with Gasteiger partial charge in [0.2, 0.25) is 0 Å². The Morgan fingerprint density at radius 1 is 1.00 bits per heavy atom. The summed E-state index contributed by atoms with van der Waals surface area (Å²) in [5, 5.41) is 4.15. The maximum atomic E-state index is 13.5. The summed E-state index contributed by atoms with van der Waals surface area (Å²) < 4.78 is 33.8. The number of hydrazone groups is 1. The van der Waals surface area contributed by atoms with Crippen LogP contribution in [-0.2, 0) is 14.8 Å². The van der Waals surface area contributed by atoms with Crippen LogP contribution in [0.2, 0.25) is 0 Å². The first-order valence-electron chi connectivity index (χ1n) is 10.4. The summed E-state index contributed by atoms with van der Waals surface area (Å²) in [5.41, 5.74) is 6.39. The lowest BCUT2D eigenvalue weighted by Crippen LogP contribution is -2.39. The van der Waals surface area contributed by atoms with Crippen LogP contribution in [0.4, 0.5) is 5.69 Å². The van der Waals surface area contributed by atoms with Crippen molar-refractivity contribution in [1.82, 2.24) is 5.43 Å². The molecule has 34 heavy (non-hydrogen) atoms. The van der Waals surface area contributed by atoms with Crippen LogP contribution in [0.1, 0.15) is 23.6 Å². The summed E-state index contributed by atoms with van der Waals surface area (Å²) in [6.07, 6.45) is 0. The van der Waals surface area contributed by atoms with E-state index < -0.39 is 22.5 Å². The molecule has 0 aliphatic carbocycles. The van der Waals surface area contributed by atoms with Crippen LogP contribution in [0.25, 0.3) is 0 Å². The quantitative estimate of drug-likeness (QED) is 0.326. The van der Waals surface area contributed by atoms with Crippen molar-refractivity contribution in [3.8, 4) is 5.75 Å². The second-order valence-electron chi connectivity index (χ2n) is 7.74. The molecule has 0 bridgehead atoms. The number of nitrogens with zero attached hydrogens (tertiary/aromatic N) is 2. The van der Waals surface area contributed by atoms with Gasteiger partial charge in [-0.25, -0.2) is 13.8 Å². The van der Waals surface area contributed by atoms with Gasteiger partial charge in [-0.15, -0.1) is 0 Å². The fourth-order valence-electron chi connectivity index (χ4n) is 3.13. The van der Waals surface area contributed by atoms with Crippen molar-refractivity contribution >= 4 is 43.3 Å². The summed E-state index contributed by atoms with van der Waals surface area (Å²) in [5.74, 6) is -0.0670. The zero-order chi connectivity index (χ0) is 24.9. The summed E-state index contributed by atoms with van der Waals surface area (Å²) in [4.78, 5) is 12.8. The lowest BCUT2D eigenvalue weighted by atomic mass is 10.1. The normalized spacial score (nSPS) is 11.7. The molecule has 3 rings (SSSR count). The van der Waals surface area contributed by atoms with Gasteiger partial charge < -0.3 is 4.74 Å². The van der Waals surface area contributed by atoms with Crippen molar-refractivity contribution in [2.45, 2.75) is 25.7 Å². The van der Waals surface area contributed by atoms with Gasteiger partial charge in [0.1, 0.15) is 12.3 Å². The predicted molar refractivity (Wildman–Crippen MR) is 138 cm³/mol. The largest absolute Gasteiger partial charge is 0.496 e. The molecule has 0 unspecified atom stereocenters. The van der Waals surface area contributed by atoms with Gasteiger partial charge in [-0.3, -0.25) is 9.10 Å². The molecule has 0 aliphatic heterocycles. The Morgan fingerprint density at radius 3 is 2.15 bits per heavy atom. The van der Waals surface area contributed by atoms with Gasteiger partial charge in [-0.2, -0.15) is 5.10 Å². The van der Waals surface area contributed by atoms with Crippen molar-refractivity contribution in [3.05, 3.63) is 87.9 Å².